The molecule has 0 bridgehead atoms. The number of methoxy groups -OCH3 is 1. The lowest BCUT2D eigenvalue weighted by atomic mass is 9.76. The standard InChI is InChI=1S/C29H30N2O3/c1-18(2)34-27-11-7-4-8-22(27)29-28-25(30-23-9-5-6-10-24(23)31-29)16-20(17-26(28)32)19-12-14-21(33-3)15-13-19/h4-16,18,20,28-31H,17H2,1-3H3. The number of hydrogen-bond donors (Lipinski definition) is 2. The number of hydrogen-bond acceptors (Lipinski definition) is 5. The quantitative estimate of drug-likeness (QED) is 0.473. The summed E-state index contributed by atoms with van der Waals surface area (Å²) in [5, 5.41) is 7.25. The highest BCUT2D eigenvalue weighted by atomic mass is 16.5. The van der Waals surface area contributed by atoms with Crippen LogP contribution in [0.15, 0.2) is 84.6 Å². The van der Waals surface area contributed by atoms with Gasteiger partial charge in [-0.1, -0.05) is 48.5 Å². The predicted octanol–water partition coefficient (Wildman–Crippen LogP) is 6.32. The molecule has 3 aromatic carbocycles. The minimum absolute atomic E-state index is 0.00484. The average molecular weight is 455 g/mol. The number of carbonyl (C=O) groups excluding carboxylic acids is 1. The van der Waals surface area contributed by atoms with Gasteiger partial charge in [-0.05, 0) is 49.7 Å². The molecule has 3 atom stereocenters. The number of ketones is 1. The average Bonchev–Trinajstić information content (AvgIpc) is 3.01. The molecule has 3 aromatic rings. The van der Waals surface area contributed by atoms with E-state index in [9.17, 15) is 4.79 Å². The maximum absolute atomic E-state index is 13.8. The smallest absolute Gasteiger partial charge is 0.145 e. The van der Waals surface area contributed by atoms with E-state index in [1.165, 1.54) is 0 Å². The molecule has 0 spiro atoms. The van der Waals surface area contributed by atoms with Crippen LogP contribution in [0.4, 0.5) is 11.4 Å². The summed E-state index contributed by atoms with van der Waals surface area (Å²) < 4.78 is 11.5. The summed E-state index contributed by atoms with van der Waals surface area (Å²) in [5.74, 6) is 1.47. The monoisotopic (exact) mass is 454 g/mol. The summed E-state index contributed by atoms with van der Waals surface area (Å²) >= 11 is 0. The van der Waals surface area contributed by atoms with Crippen molar-refractivity contribution >= 4 is 17.2 Å². The van der Waals surface area contributed by atoms with Gasteiger partial charge >= 0.3 is 0 Å². The van der Waals surface area contributed by atoms with Crippen molar-refractivity contribution in [2.24, 2.45) is 5.92 Å². The number of Topliss-reactive ketones (excluding diaryl/α,β-unsaturated/α-hetero) is 1. The van der Waals surface area contributed by atoms with Crippen molar-refractivity contribution in [2.45, 2.75) is 38.3 Å². The predicted molar refractivity (Wildman–Crippen MR) is 136 cm³/mol. The first-order valence-electron chi connectivity index (χ1n) is 11.8. The van der Waals surface area contributed by atoms with Crippen molar-refractivity contribution in [3.05, 3.63) is 95.7 Å². The van der Waals surface area contributed by atoms with Crippen LogP contribution in [0.5, 0.6) is 11.5 Å². The van der Waals surface area contributed by atoms with Crippen LogP contribution in [-0.4, -0.2) is 19.0 Å². The molecule has 0 aromatic heterocycles. The highest BCUT2D eigenvalue weighted by Crippen LogP contribution is 2.46. The van der Waals surface area contributed by atoms with Crippen LogP contribution in [0.25, 0.3) is 0 Å². The summed E-state index contributed by atoms with van der Waals surface area (Å²) in [7, 11) is 1.66. The molecule has 34 heavy (non-hydrogen) atoms. The fraction of sp³-hybridized carbons (Fsp3) is 0.276. The third-order valence-corrected chi connectivity index (χ3v) is 6.49. The maximum atomic E-state index is 13.8. The second-order valence-electron chi connectivity index (χ2n) is 9.15. The normalized spacial score (nSPS) is 21.4. The third-order valence-electron chi connectivity index (χ3n) is 6.49. The minimum Gasteiger partial charge on any atom is -0.497 e. The molecule has 0 saturated carbocycles. The van der Waals surface area contributed by atoms with E-state index in [2.05, 4.69) is 22.8 Å². The van der Waals surface area contributed by atoms with Crippen LogP contribution < -0.4 is 20.1 Å². The third kappa shape index (κ3) is 4.26. The lowest BCUT2D eigenvalue weighted by molar-refractivity contribution is -0.122. The van der Waals surface area contributed by atoms with Crippen molar-refractivity contribution in [3.8, 4) is 11.5 Å². The maximum Gasteiger partial charge on any atom is 0.145 e. The molecule has 5 heteroatoms. The van der Waals surface area contributed by atoms with E-state index in [4.69, 9.17) is 9.47 Å². The first-order chi connectivity index (χ1) is 16.5. The Balaban J connectivity index is 1.60. The number of anilines is 2. The zero-order valence-electron chi connectivity index (χ0n) is 19.7. The van der Waals surface area contributed by atoms with Crippen LogP contribution in [0.1, 0.15) is 43.4 Å². The Labute approximate surface area is 200 Å². The van der Waals surface area contributed by atoms with Gasteiger partial charge in [0.15, 0.2) is 0 Å². The first-order valence-corrected chi connectivity index (χ1v) is 11.8. The summed E-state index contributed by atoms with van der Waals surface area (Å²) in [6.45, 7) is 4.04. The van der Waals surface area contributed by atoms with Gasteiger partial charge in [0.05, 0.1) is 36.5 Å². The molecule has 5 nitrogen and oxygen atoms in total. The molecule has 2 aliphatic rings. The van der Waals surface area contributed by atoms with Gasteiger partial charge in [-0.15, -0.1) is 0 Å². The van der Waals surface area contributed by atoms with Crippen LogP contribution in [0.2, 0.25) is 0 Å². The second-order valence-corrected chi connectivity index (χ2v) is 9.15. The topological polar surface area (TPSA) is 59.6 Å². The zero-order chi connectivity index (χ0) is 23.7. The Kier molecular flexibility index (Phi) is 6.01. The van der Waals surface area contributed by atoms with Crippen molar-refractivity contribution in [2.75, 3.05) is 17.7 Å². The highest BCUT2D eigenvalue weighted by Gasteiger charge is 2.40. The molecule has 3 unspecified atom stereocenters. The van der Waals surface area contributed by atoms with Gasteiger partial charge in [-0.2, -0.15) is 0 Å². The molecule has 1 aliphatic carbocycles. The minimum atomic E-state index is -0.348. The molecule has 0 radical (unpaired) electrons. The Bertz CT molecular complexity index is 1220. The van der Waals surface area contributed by atoms with E-state index in [0.717, 1.165) is 39.7 Å². The van der Waals surface area contributed by atoms with Crippen LogP contribution in [0, 0.1) is 5.92 Å². The number of rotatable bonds is 5. The van der Waals surface area contributed by atoms with E-state index in [1.54, 1.807) is 7.11 Å². The van der Waals surface area contributed by atoms with Gasteiger partial charge in [0.1, 0.15) is 17.3 Å². The molecule has 0 saturated heterocycles. The van der Waals surface area contributed by atoms with Crippen molar-refractivity contribution < 1.29 is 14.3 Å². The fourth-order valence-electron chi connectivity index (χ4n) is 4.93. The molecule has 5 rings (SSSR count). The molecule has 1 aliphatic heterocycles. The van der Waals surface area contributed by atoms with Crippen molar-refractivity contribution in [1.29, 1.82) is 0 Å². The summed E-state index contributed by atoms with van der Waals surface area (Å²) in [4.78, 5) is 13.8. The molecule has 1 heterocycles. The number of para-hydroxylation sites is 3. The van der Waals surface area contributed by atoms with Crippen molar-refractivity contribution in [3.63, 3.8) is 0 Å². The van der Waals surface area contributed by atoms with Crippen LogP contribution in [0.3, 0.4) is 0 Å². The SMILES string of the molecule is COc1ccc(C2C=C3Nc4ccccc4NC(c4ccccc4OC(C)C)C3C(=O)C2)cc1. The first kappa shape index (κ1) is 22.1. The van der Waals surface area contributed by atoms with Crippen LogP contribution in [-0.2, 0) is 4.79 Å². The number of benzene rings is 3. The van der Waals surface area contributed by atoms with E-state index >= 15 is 0 Å². The Morgan fingerprint density at radius 3 is 2.35 bits per heavy atom. The van der Waals surface area contributed by atoms with E-state index < -0.39 is 0 Å². The summed E-state index contributed by atoms with van der Waals surface area (Å²) in [6, 6.07) is 23.9. The number of allylic oxidation sites excluding steroid dienone is 1. The Hall–Kier alpha value is -3.73. The number of carbonyl (C=O) groups is 1. The van der Waals surface area contributed by atoms with Crippen LogP contribution >= 0.6 is 0 Å². The van der Waals surface area contributed by atoms with Gasteiger partial charge in [0.25, 0.3) is 0 Å². The molecule has 2 N–H and O–H groups in total. The van der Waals surface area contributed by atoms with Gasteiger partial charge in [0.2, 0.25) is 0 Å². The van der Waals surface area contributed by atoms with Gasteiger partial charge in [-0.25, -0.2) is 0 Å². The highest BCUT2D eigenvalue weighted by molar-refractivity contribution is 5.90. The zero-order valence-corrected chi connectivity index (χ0v) is 19.7. The van der Waals surface area contributed by atoms with Gasteiger partial charge in [-0.3, -0.25) is 4.79 Å². The molecule has 0 fully saturated rings. The fourth-order valence-corrected chi connectivity index (χ4v) is 4.93. The Morgan fingerprint density at radius 2 is 1.62 bits per heavy atom. The van der Waals surface area contributed by atoms with Crippen molar-refractivity contribution in [1.82, 2.24) is 0 Å². The van der Waals surface area contributed by atoms with Gasteiger partial charge < -0.3 is 20.1 Å². The summed E-state index contributed by atoms with van der Waals surface area (Å²) in [6.07, 6.45) is 2.70. The van der Waals surface area contributed by atoms with Gasteiger partial charge in [0, 0.05) is 23.6 Å². The summed E-state index contributed by atoms with van der Waals surface area (Å²) in [5.41, 5.74) is 4.95. The number of ether oxygens (including phenoxy) is 2. The number of fused-ring (bicyclic) bond motifs is 2. The molecule has 0 amide bonds. The molecular weight excluding hydrogens is 424 g/mol. The van der Waals surface area contributed by atoms with E-state index in [1.807, 2.05) is 80.6 Å². The lowest BCUT2D eigenvalue weighted by Crippen LogP contribution is -2.34. The molecular formula is C29H30N2O3. The second kappa shape index (κ2) is 9.26. The van der Waals surface area contributed by atoms with E-state index in [0.29, 0.717) is 6.42 Å². The molecule has 174 valence electrons. The Morgan fingerprint density at radius 1 is 0.912 bits per heavy atom. The van der Waals surface area contributed by atoms with E-state index in [-0.39, 0.29) is 29.8 Å². The lowest BCUT2D eigenvalue weighted by Gasteiger charge is -2.33. The number of nitrogens with one attached hydrogen (secondary N) is 2. The largest absolute Gasteiger partial charge is 0.497 e.